The minimum Gasteiger partial charge on any atom is -0.378 e. The van der Waals surface area contributed by atoms with Gasteiger partial charge in [-0.1, -0.05) is 28.1 Å². The number of nitrogens with one attached hydrogen (secondary N) is 2. The zero-order chi connectivity index (χ0) is 14.5. The van der Waals surface area contributed by atoms with Crippen molar-refractivity contribution < 1.29 is 4.79 Å². The molecule has 0 aliphatic rings. The predicted molar refractivity (Wildman–Crippen MR) is 82.5 cm³/mol. The molecule has 1 aromatic carbocycles. The summed E-state index contributed by atoms with van der Waals surface area (Å²) in [6.07, 6.45) is 3.53. The number of hydrogen-bond acceptors (Lipinski definition) is 3. The Kier molecular flexibility index (Phi) is 4.79. The van der Waals surface area contributed by atoms with E-state index in [2.05, 4.69) is 56.8 Å². The lowest BCUT2D eigenvalue weighted by atomic mass is 10.1. The molecular formula is C14H17BrN4O. The fourth-order valence-corrected chi connectivity index (χ4v) is 2.39. The summed E-state index contributed by atoms with van der Waals surface area (Å²) < 4.78 is 2.69. The van der Waals surface area contributed by atoms with Crippen molar-refractivity contribution in [1.82, 2.24) is 15.1 Å². The number of rotatable bonds is 5. The Labute approximate surface area is 126 Å². The molecule has 5 nitrogen and oxygen atoms in total. The maximum Gasteiger partial charge on any atom is 0.241 e. The Morgan fingerprint density at radius 2 is 2.25 bits per heavy atom. The minimum absolute atomic E-state index is 0.0686. The quantitative estimate of drug-likeness (QED) is 0.880. The molecule has 106 valence electrons. The van der Waals surface area contributed by atoms with Crippen molar-refractivity contribution in [3.63, 3.8) is 0 Å². The standard InChI is InChI=1S/C14H17BrN4O/c1-10-3-4-11(13(15)5-10)6-17-12-7-18-19(8-12)9-14(20)16-2/h3-5,7-8,17H,6,9H2,1-2H3,(H,16,20). The molecule has 2 N–H and O–H groups in total. The highest BCUT2D eigenvalue weighted by molar-refractivity contribution is 9.10. The average molecular weight is 337 g/mol. The molecule has 0 atom stereocenters. The van der Waals surface area contributed by atoms with E-state index in [1.54, 1.807) is 17.9 Å². The molecule has 2 aromatic rings. The number of aromatic nitrogens is 2. The van der Waals surface area contributed by atoms with E-state index in [-0.39, 0.29) is 12.5 Å². The number of amides is 1. The van der Waals surface area contributed by atoms with E-state index in [4.69, 9.17) is 0 Å². The van der Waals surface area contributed by atoms with Crippen LogP contribution in [0, 0.1) is 6.92 Å². The number of carbonyl (C=O) groups is 1. The molecule has 0 saturated heterocycles. The summed E-state index contributed by atoms with van der Waals surface area (Å²) in [7, 11) is 1.61. The first-order chi connectivity index (χ1) is 9.58. The van der Waals surface area contributed by atoms with Crippen molar-refractivity contribution in [3.05, 3.63) is 46.2 Å². The number of hydrogen-bond donors (Lipinski definition) is 2. The SMILES string of the molecule is CNC(=O)Cn1cc(NCc2ccc(C)cc2Br)cn1. The number of aryl methyl sites for hydroxylation is 1. The molecule has 0 aliphatic carbocycles. The van der Waals surface area contributed by atoms with Crippen molar-refractivity contribution in [2.75, 3.05) is 12.4 Å². The second-order valence-electron chi connectivity index (χ2n) is 4.55. The van der Waals surface area contributed by atoms with Crippen LogP contribution in [-0.4, -0.2) is 22.7 Å². The normalized spacial score (nSPS) is 10.3. The van der Waals surface area contributed by atoms with Crippen LogP contribution in [0.25, 0.3) is 0 Å². The van der Waals surface area contributed by atoms with Crippen LogP contribution in [0.3, 0.4) is 0 Å². The molecule has 0 fully saturated rings. The minimum atomic E-state index is -0.0686. The predicted octanol–water partition coefficient (Wildman–Crippen LogP) is 2.31. The van der Waals surface area contributed by atoms with Crippen molar-refractivity contribution in [1.29, 1.82) is 0 Å². The molecule has 0 radical (unpaired) electrons. The Balaban J connectivity index is 1.95. The van der Waals surface area contributed by atoms with Gasteiger partial charge in [0, 0.05) is 24.3 Å². The molecule has 0 spiro atoms. The largest absolute Gasteiger partial charge is 0.378 e. The Morgan fingerprint density at radius 1 is 1.45 bits per heavy atom. The molecule has 20 heavy (non-hydrogen) atoms. The van der Waals surface area contributed by atoms with Gasteiger partial charge in [0.25, 0.3) is 0 Å². The first-order valence-corrected chi connectivity index (χ1v) is 7.09. The second kappa shape index (κ2) is 6.56. The van der Waals surface area contributed by atoms with Gasteiger partial charge in [0.05, 0.1) is 11.9 Å². The topological polar surface area (TPSA) is 59.0 Å². The molecule has 1 aromatic heterocycles. The molecule has 2 rings (SSSR count). The third-order valence-corrected chi connectivity index (χ3v) is 3.65. The van der Waals surface area contributed by atoms with E-state index in [0.717, 1.165) is 10.2 Å². The van der Waals surface area contributed by atoms with Gasteiger partial charge in [0.2, 0.25) is 5.91 Å². The molecule has 0 aliphatic heterocycles. The van der Waals surface area contributed by atoms with Crippen LogP contribution in [0.4, 0.5) is 5.69 Å². The number of likely N-dealkylation sites (N-methyl/N-ethyl adjacent to an activating group) is 1. The molecular weight excluding hydrogens is 320 g/mol. The third kappa shape index (κ3) is 3.84. The van der Waals surface area contributed by atoms with E-state index < -0.39 is 0 Å². The van der Waals surface area contributed by atoms with Crippen molar-refractivity contribution in [3.8, 4) is 0 Å². The van der Waals surface area contributed by atoms with Crippen molar-refractivity contribution in [2.45, 2.75) is 20.0 Å². The van der Waals surface area contributed by atoms with E-state index in [1.807, 2.05) is 6.20 Å². The maximum absolute atomic E-state index is 11.2. The number of nitrogens with zero attached hydrogens (tertiary/aromatic N) is 2. The van der Waals surface area contributed by atoms with Gasteiger partial charge in [-0.15, -0.1) is 0 Å². The molecule has 6 heteroatoms. The second-order valence-corrected chi connectivity index (χ2v) is 5.40. The number of anilines is 1. The van der Waals surface area contributed by atoms with Crippen LogP contribution < -0.4 is 10.6 Å². The summed E-state index contributed by atoms with van der Waals surface area (Å²) in [5, 5.41) is 9.99. The zero-order valence-electron chi connectivity index (χ0n) is 11.5. The Hall–Kier alpha value is -1.82. The zero-order valence-corrected chi connectivity index (χ0v) is 13.1. The summed E-state index contributed by atoms with van der Waals surface area (Å²) in [5.41, 5.74) is 3.29. The van der Waals surface area contributed by atoms with Crippen LogP contribution in [0.1, 0.15) is 11.1 Å². The molecule has 1 amide bonds. The van der Waals surface area contributed by atoms with Crippen LogP contribution >= 0.6 is 15.9 Å². The lowest BCUT2D eigenvalue weighted by Gasteiger charge is -2.07. The van der Waals surface area contributed by atoms with Gasteiger partial charge >= 0.3 is 0 Å². The smallest absolute Gasteiger partial charge is 0.241 e. The average Bonchev–Trinajstić information content (AvgIpc) is 2.85. The molecule has 1 heterocycles. The lowest BCUT2D eigenvalue weighted by Crippen LogP contribution is -2.23. The molecule has 0 unspecified atom stereocenters. The number of carbonyl (C=O) groups excluding carboxylic acids is 1. The number of halogens is 1. The summed E-state index contributed by atoms with van der Waals surface area (Å²) in [6.45, 7) is 2.99. The summed E-state index contributed by atoms with van der Waals surface area (Å²) in [5.74, 6) is -0.0686. The van der Waals surface area contributed by atoms with Crippen LogP contribution in [0.15, 0.2) is 35.1 Å². The highest BCUT2D eigenvalue weighted by Crippen LogP contribution is 2.19. The van der Waals surface area contributed by atoms with Crippen molar-refractivity contribution in [2.24, 2.45) is 0 Å². The van der Waals surface area contributed by atoms with Gasteiger partial charge in [-0.2, -0.15) is 5.10 Å². The molecule has 0 saturated carbocycles. The van der Waals surface area contributed by atoms with Crippen molar-refractivity contribution >= 4 is 27.5 Å². The lowest BCUT2D eigenvalue weighted by molar-refractivity contribution is -0.121. The van der Waals surface area contributed by atoms with Crippen LogP contribution in [0.5, 0.6) is 0 Å². The first kappa shape index (κ1) is 14.6. The van der Waals surface area contributed by atoms with E-state index in [1.165, 1.54) is 11.1 Å². The van der Waals surface area contributed by atoms with E-state index in [0.29, 0.717) is 6.54 Å². The van der Waals surface area contributed by atoms with Gasteiger partial charge in [-0.25, -0.2) is 0 Å². The van der Waals surface area contributed by atoms with Gasteiger partial charge < -0.3 is 10.6 Å². The van der Waals surface area contributed by atoms with Gasteiger partial charge in [-0.3, -0.25) is 9.48 Å². The maximum atomic E-state index is 11.2. The van der Waals surface area contributed by atoms with Crippen LogP contribution in [-0.2, 0) is 17.9 Å². The highest BCUT2D eigenvalue weighted by Gasteiger charge is 2.04. The summed E-state index contributed by atoms with van der Waals surface area (Å²) >= 11 is 3.55. The van der Waals surface area contributed by atoms with E-state index >= 15 is 0 Å². The molecule has 0 bridgehead atoms. The Morgan fingerprint density at radius 3 is 2.95 bits per heavy atom. The van der Waals surface area contributed by atoms with E-state index in [9.17, 15) is 4.79 Å². The third-order valence-electron chi connectivity index (χ3n) is 2.91. The monoisotopic (exact) mass is 336 g/mol. The van der Waals surface area contributed by atoms with Gasteiger partial charge in [0.15, 0.2) is 0 Å². The highest BCUT2D eigenvalue weighted by atomic mass is 79.9. The van der Waals surface area contributed by atoms with Gasteiger partial charge in [-0.05, 0) is 24.1 Å². The fourth-order valence-electron chi connectivity index (χ4n) is 1.76. The summed E-state index contributed by atoms with van der Waals surface area (Å²) in [4.78, 5) is 11.2. The Bertz CT molecular complexity index is 609. The first-order valence-electron chi connectivity index (χ1n) is 6.30. The fraction of sp³-hybridized carbons (Fsp3) is 0.286. The summed E-state index contributed by atoms with van der Waals surface area (Å²) in [6, 6.07) is 6.25. The number of benzene rings is 1. The van der Waals surface area contributed by atoms with Crippen LogP contribution in [0.2, 0.25) is 0 Å². The van der Waals surface area contributed by atoms with Gasteiger partial charge in [0.1, 0.15) is 6.54 Å².